The van der Waals surface area contributed by atoms with Crippen LogP contribution >= 0.6 is 24.4 Å². The highest BCUT2D eigenvalue weighted by atomic mass is 32.1. The predicted octanol–water partition coefficient (Wildman–Crippen LogP) is 2.49. The fourth-order valence-corrected chi connectivity index (χ4v) is 2.17. The van der Waals surface area contributed by atoms with Gasteiger partial charge in [-0.25, -0.2) is 4.79 Å². The predicted molar refractivity (Wildman–Crippen MR) is 75.0 cm³/mol. The van der Waals surface area contributed by atoms with Crippen molar-refractivity contribution in [2.75, 3.05) is 7.11 Å². The van der Waals surface area contributed by atoms with E-state index in [2.05, 4.69) is 17.3 Å². The summed E-state index contributed by atoms with van der Waals surface area (Å²) >= 11 is 4.51. The molecule has 0 amide bonds. The summed E-state index contributed by atoms with van der Waals surface area (Å²) in [7, 11) is 1.52. The molecule has 0 aliphatic rings. The van der Waals surface area contributed by atoms with E-state index in [0.29, 0.717) is 12.2 Å². The molecule has 1 heterocycles. The monoisotopic (exact) mass is 297 g/mol. The molecular formula is C12H11NO4S2. The average Bonchev–Trinajstić information content (AvgIpc) is 2.84. The van der Waals surface area contributed by atoms with Crippen molar-refractivity contribution in [1.29, 1.82) is 0 Å². The van der Waals surface area contributed by atoms with Gasteiger partial charge in [-0.2, -0.15) is 0 Å². The molecule has 0 radical (unpaired) electrons. The van der Waals surface area contributed by atoms with Crippen LogP contribution in [0, 0.1) is 0 Å². The molecule has 0 spiro atoms. The van der Waals surface area contributed by atoms with Gasteiger partial charge in [0.1, 0.15) is 0 Å². The van der Waals surface area contributed by atoms with Crippen molar-refractivity contribution in [3.8, 4) is 0 Å². The lowest BCUT2D eigenvalue weighted by molar-refractivity contribution is 0.338. The van der Waals surface area contributed by atoms with Crippen LogP contribution in [0.25, 0.3) is 5.57 Å². The molecule has 0 saturated heterocycles. The van der Waals surface area contributed by atoms with E-state index in [1.165, 1.54) is 13.4 Å². The van der Waals surface area contributed by atoms with Gasteiger partial charge in [0.25, 0.3) is 0 Å². The van der Waals surface area contributed by atoms with E-state index in [-0.39, 0.29) is 5.89 Å². The van der Waals surface area contributed by atoms with Crippen LogP contribution in [0.2, 0.25) is 0 Å². The maximum absolute atomic E-state index is 11.1. The van der Waals surface area contributed by atoms with Gasteiger partial charge in [-0.05, 0) is 24.0 Å². The van der Waals surface area contributed by atoms with Crippen molar-refractivity contribution in [1.82, 2.24) is 4.37 Å². The first-order valence-electron chi connectivity index (χ1n) is 5.31. The van der Waals surface area contributed by atoms with Crippen molar-refractivity contribution >= 4 is 30.0 Å². The number of thiol groups is 1. The van der Waals surface area contributed by atoms with Crippen molar-refractivity contribution in [3.63, 3.8) is 0 Å². The zero-order valence-electron chi connectivity index (χ0n) is 10.0. The Bertz CT molecular complexity index is 632. The molecule has 1 aromatic heterocycles. The fourth-order valence-electron chi connectivity index (χ4n) is 1.62. The topological polar surface area (TPSA) is 61.6 Å². The third-order valence-corrected chi connectivity index (χ3v) is 3.00. The summed E-state index contributed by atoms with van der Waals surface area (Å²) in [5.74, 6) is 0.225. The second-order valence-electron chi connectivity index (χ2n) is 3.54. The van der Waals surface area contributed by atoms with E-state index < -0.39 is 4.94 Å². The summed E-state index contributed by atoms with van der Waals surface area (Å²) in [6.45, 7) is 0.314. The van der Waals surface area contributed by atoms with Gasteiger partial charge >= 0.3 is 4.94 Å². The molecule has 0 bridgehead atoms. The largest absolute Gasteiger partial charge is 0.504 e. The minimum atomic E-state index is -0.458. The number of ether oxygens (including phenoxy) is 1. The fraction of sp³-hybridized carbons (Fsp3) is 0.167. The summed E-state index contributed by atoms with van der Waals surface area (Å²) in [6, 6.07) is 7.50. The first kappa shape index (κ1) is 13.9. The molecule has 19 heavy (non-hydrogen) atoms. The van der Waals surface area contributed by atoms with E-state index in [1.54, 1.807) is 0 Å². The lowest BCUT2D eigenvalue weighted by atomic mass is 10.0. The molecule has 0 unspecified atom stereocenters. The third-order valence-electron chi connectivity index (χ3n) is 2.38. The molecule has 0 aliphatic carbocycles. The number of methoxy groups -OCH3 is 1. The Kier molecular flexibility index (Phi) is 4.78. The highest BCUT2D eigenvalue weighted by molar-refractivity contribution is 7.75. The van der Waals surface area contributed by atoms with E-state index >= 15 is 0 Å². The minimum Gasteiger partial charge on any atom is -0.504 e. The van der Waals surface area contributed by atoms with Gasteiger partial charge in [-0.3, -0.25) is 0 Å². The highest BCUT2D eigenvalue weighted by Gasteiger charge is 2.15. The Morgan fingerprint density at radius 3 is 2.95 bits per heavy atom. The summed E-state index contributed by atoms with van der Waals surface area (Å²) in [5.41, 5.74) is 2.28. The Labute approximate surface area is 119 Å². The summed E-state index contributed by atoms with van der Waals surface area (Å²) in [5, 5.41) is 0. The van der Waals surface area contributed by atoms with Crippen molar-refractivity contribution in [2.45, 2.75) is 6.61 Å². The quantitative estimate of drug-likeness (QED) is 0.522. The maximum atomic E-state index is 11.1. The van der Waals surface area contributed by atoms with Crippen LogP contribution in [-0.2, 0) is 15.5 Å². The standard InChI is InChI=1S/C12H11NO4S2/c1-15-7-10(11-13-19-12(14)17-11)9-5-3-2-4-8(9)6-16-18/h2-5,7,18H,6H2,1H3/b10-7+. The van der Waals surface area contributed by atoms with Crippen LogP contribution in [0.5, 0.6) is 0 Å². The first-order chi connectivity index (χ1) is 9.26. The van der Waals surface area contributed by atoms with Gasteiger partial charge in [-0.1, -0.05) is 24.3 Å². The van der Waals surface area contributed by atoms with Crippen molar-refractivity contribution < 1.29 is 13.3 Å². The molecule has 1 aromatic carbocycles. The summed E-state index contributed by atoms with van der Waals surface area (Å²) in [6.07, 6.45) is 1.48. The Morgan fingerprint density at radius 2 is 2.32 bits per heavy atom. The van der Waals surface area contributed by atoms with Crippen molar-refractivity contribution in [2.24, 2.45) is 0 Å². The van der Waals surface area contributed by atoms with Crippen LogP contribution in [0.3, 0.4) is 0 Å². The normalized spacial score (nSPS) is 11.6. The molecule has 7 heteroatoms. The Hall–Kier alpha value is -1.57. The van der Waals surface area contributed by atoms with Gasteiger partial charge in [0, 0.05) is 0 Å². The molecule has 0 aliphatic heterocycles. The van der Waals surface area contributed by atoms with E-state index in [9.17, 15) is 4.79 Å². The van der Waals surface area contributed by atoms with E-state index in [1.807, 2.05) is 24.3 Å². The number of hydrogen-bond donors (Lipinski definition) is 1. The first-order valence-corrected chi connectivity index (χ1v) is 6.45. The number of aromatic nitrogens is 1. The molecule has 100 valence electrons. The SMILES string of the molecule is CO/C=C(/c1nsc(=O)o1)c1ccccc1COS. The van der Waals surface area contributed by atoms with Gasteiger partial charge in [-0.15, -0.1) is 4.37 Å². The third kappa shape index (κ3) is 3.25. The summed E-state index contributed by atoms with van der Waals surface area (Å²) in [4.78, 5) is 10.7. The van der Waals surface area contributed by atoms with Gasteiger partial charge in [0.2, 0.25) is 5.89 Å². The molecule has 2 rings (SSSR count). The molecule has 0 fully saturated rings. The molecule has 0 N–H and O–H groups in total. The van der Waals surface area contributed by atoms with Crippen LogP contribution in [-0.4, -0.2) is 11.5 Å². The Morgan fingerprint density at radius 1 is 1.53 bits per heavy atom. The van der Waals surface area contributed by atoms with Crippen molar-refractivity contribution in [3.05, 3.63) is 57.3 Å². The molecule has 0 atom stereocenters. The number of rotatable bonds is 5. The second kappa shape index (κ2) is 6.55. The van der Waals surface area contributed by atoms with E-state index in [4.69, 9.17) is 13.3 Å². The van der Waals surface area contributed by atoms with Gasteiger partial charge in [0.05, 0.1) is 37.1 Å². The van der Waals surface area contributed by atoms with Crippen LogP contribution in [0.15, 0.2) is 39.7 Å². The molecule has 5 nitrogen and oxygen atoms in total. The molecule has 2 aromatic rings. The van der Waals surface area contributed by atoms with Gasteiger partial charge < -0.3 is 13.3 Å². The van der Waals surface area contributed by atoms with Crippen LogP contribution in [0.4, 0.5) is 0 Å². The maximum Gasteiger partial charge on any atom is 0.414 e. The van der Waals surface area contributed by atoms with E-state index in [0.717, 1.165) is 22.7 Å². The lowest BCUT2D eigenvalue weighted by Gasteiger charge is -2.09. The second-order valence-corrected chi connectivity index (χ2v) is 4.49. The average molecular weight is 297 g/mol. The Balaban J connectivity index is 2.51. The van der Waals surface area contributed by atoms with Crippen LogP contribution in [0.1, 0.15) is 17.0 Å². The minimum absolute atomic E-state index is 0.225. The number of nitrogens with zero attached hydrogens (tertiary/aromatic N) is 1. The summed E-state index contributed by atoms with van der Waals surface area (Å²) < 4.78 is 18.9. The number of benzene rings is 1. The number of hydrogen-bond acceptors (Lipinski definition) is 7. The lowest BCUT2D eigenvalue weighted by Crippen LogP contribution is -1.97. The van der Waals surface area contributed by atoms with Crippen LogP contribution < -0.4 is 4.94 Å². The smallest absolute Gasteiger partial charge is 0.414 e. The highest BCUT2D eigenvalue weighted by Crippen LogP contribution is 2.25. The zero-order chi connectivity index (χ0) is 13.7. The van der Waals surface area contributed by atoms with Gasteiger partial charge in [0.15, 0.2) is 0 Å². The zero-order valence-corrected chi connectivity index (χ0v) is 11.7. The molecular weight excluding hydrogens is 286 g/mol. The molecule has 0 saturated carbocycles.